The van der Waals surface area contributed by atoms with Crippen molar-refractivity contribution in [3.8, 4) is 0 Å². The van der Waals surface area contributed by atoms with Crippen LogP contribution in [0.15, 0.2) is 65.8 Å². The van der Waals surface area contributed by atoms with Gasteiger partial charge in [-0.2, -0.15) is 5.10 Å². The second-order valence-corrected chi connectivity index (χ2v) is 6.13. The summed E-state index contributed by atoms with van der Waals surface area (Å²) in [5.41, 5.74) is 4.55. The Morgan fingerprint density at radius 2 is 1.71 bits per heavy atom. The summed E-state index contributed by atoms with van der Waals surface area (Å²) in [4.78, 5) is 12.2. The molecule has 0 heterocycles. The molecule has 0 aliphatic carbocycles. The van der Waals surface area contributed by atoms with Gasteiger partial charge in [-0.25, -0.2) is 5.43 Å². The first-order chi connectivity index (χ1) is 11.6. The number of carbonyl (C=O) groups is 1. The van der Waals surface area contributed by atoms with Crippen LogP contribution >= 0.6 is 23.2 Å². The van der Waals surface area contributed by atoms with E-state index in [9.17, 15) is 4.79 Å². The highest BCUT2D eigenvalue weighted by Crippen LogP contribution is 2.21. The Balaban J connectivity index is 1.87. The molecule has 0 atom stereocenters. The first-order valence-electron chi connectivity index (χ1n) is 7.34. The number of hydrogen-bond donors (Lipinski definition) is 1. The van der Waals surface area contributed by atoms with Gasteiger partial charge in [0.25, 0.3) is 5.91 Å². The third-order valence-electron chi connectivity index (χ3n) is 3.68. The van der Waals surface area contributed by atoms with Crippen LogP contribution in [0.3, 0.4) is 0 Å². The van der Waals surface area contributed by atoms with Gasteiger partial charge in [0.05, 0.1) is 16.3 Å². The lowest BCUT2D eigenvalue weighted by atomic mass is 10.0. The van der Waals surface area contributed by atoms with Crippen molar-refractivity contribution in [2.24, 2.45) is 5.10 Å². The van der Waals surface area contributed by atoms with Gasteiger partial charge in [-0.15, -0.1) is 0 Å². The summed E-state index contributed by atoms with van der Waals surface area (Å²) in [6, 6.07) is 18.7. The average Bonchev–Trinajstić information content (AvgIpc) is 2.59. The van der Waals surface area contributed by atoms with E-state index in [0.717, 1.165) is 16.3 Å². The Hall–Kier alpha value is -2.36. The molecular formula is C19H14Cl2N2O. The number of hydrogen-bond acceptors (Lipinski definition) is 2. The highest BCUT2D eigenvalue weighted by molar-refractivity contribution is 6.36. The Bertz CT molecular complexity index is 946. The van der Waals surface area contributed by atoms with Gasteiger partial charge in [0.15, 0.2) is 0 Å². The highest BCUT2D eigenvalue weighted by Gasteiger charge is 2.10. The summed E-state index contributed by atoms with van der Waals surface area (Å²) >= 11 is 11.9. The predicted octanol–water partition coefficient (Wildman–Crippen LogP) is 5.30. The molecule has 0 aliphatic heterocycles. The molecule has 24 heavy (non-hydrogen) atoms. The molecule has 3 aromatic carbocycles. The fourth-order valence-corrected chi connectivity index (χ4v) is 2.96. The number of rotatable bonds is 3. The van der Waals surface area contributed by atoms with Gasteiger partial charge >= 0.3 is 0 Å². The second-order valence-electron chi connectivity index (χ2n) is 5.29. The molecule has 0 aliphatic rings. The zero-order valence-corrected chi connectivity index (χ0v) is 14.4. The summed E-state index contributed by atoms with van der Waals surface area (Å²) in [7, 11) is 0. The molecule has 0 unspecified atom stereocenters. The van der Waals surface area contributed by atoms with Crippen molar-refractivity contribution >= 4 is 45.6 Å². The molecule has 1 N–H and O–H groups in total. The number of nitrogens with zero attached hydrogens (tertiary/aromatic N) is 1. The Kier molecular flexibility index (Phi) is 4.84. The minimum Gasteiger partial charge on any atom is -0.267 e. The lowest BCUT2D eigenvalue weighted by Gasteiger charge is -2.07. The van der Waals surface area contributed by atoms with Gasteiger partial charge < -0.3 is 0 Å². The van der Waals surface area contributed by atoms with E-state index in [1.165, 1.54) is 6.07 Å². The van der Waals surface area contributed by atoms with E-state index in [1.54, 1.807) is 12.1 Å². The van der Waals surface area contributed by atoms with Crippen molar-refractivity contribution in [1.29, 1.82) is 0 Å². The van der Waals surface area contributed by atoms with Gasteiger partial charge in [-0.3, -0.25) is 4.79 Å². The number of carbonyl (C=O) groups excluding carboxylic acids is 1. The first-order valence-corrected chi connectivity index (χ1v) is 8.09. The van der Waals surface area contributed by atoms with Crippen LogP contribution in [0.1, 0.15) is 22.8 Å². The van der Waals surface area contributed by atoms with E-state index in [-0.39, 0.29) is 10.9 Å². The van der Waals surface area contributed by atoms with Crippen LogP contribution in [-0.4, -0.2) is 11.6 Å². The topological polar surface area (TPSA) is 41.5 Å². The molecule has 5 heteroatoms. The third kappa shape index (κ3) is 3.42. The summed E-state index contributed by atoms with van der Waals surface area (Å²) < 4.78 is 0. The number of halogens is 2. The van der Waals surface area contributed by atoms with E-state index in [4.69, 9.17) is 23.2 Å². The van der Waals surface area contributed by atoms with Crippen LogP contribution in [0.5, 0.6) is 0 Å². The fourth-order valence-electron chi connectivity index (χ4n) is 2.47. The van der Waals surface area contributed by atoms with Crippen LogP contribution < -0.4 is 5.43 Å². The van der Waals surface area contributed by atoms with Gasteiger partial charge in [0, 0.05) is 10.6 Å². The molecule has 120 valence electrons. The van der Waals surface area contributed by atoms with Crippen LogP contribution in [0.2, 0.25) is 10.0 Å². The largest absolute Gasteiger partial charge is 0.272 e. The summed E-state index contributed by atoms with van der Waals surface area (Å²) in [5.74, 6) is -0.378. The molecule has 0 aromatic heterocycles. The molecule has 0 fully saturated rings. The van der Waals surface area contributed by atoms with Crippen molar-refractivity contribution in [1.82, 2.24) is 5.43 Å². The molecular weight excluding hydrogens is 343 g/mol. The lowest BCUT2D eigenvalue weighted by molar-refractivity contribution is 0.0955. The Morgan fingerprint density at radius 3 is 2.50 bits per heavy atom. The fraction of sp³-hybridized carbons (Fsp3) is 0.0526. The van der Waals surface area contributed by atoms with E-state index in [2.05, 4.69) is 10.5 Å². The molecule has 3 rings (SSSR count). The SMILES string of the molecule is C/C(=N\NC(=O)c1ccc(Cl)cc1Cl)c1cccc2ccccc12. The number of hydrazone groups is 1. The maximum Gasteiger partial charge on any atom is 0.272 e. The standard InChI is InChI=1S/C19H14Cl2N2O/c1-12(15-8-4-6-13-5-2-3-7-16(13)15)22-23-19(24)17-10-9-14(20)11-18(17)21/h2-11H,1H3,(H,23,24)/b22-12+. The normalized spacial score (nSPS) is 11.5. The Morgan fingerprint density at radius 1 is 0.958 bits per heavy atom. The van der Waals surface area contributed by atoms with Gasteiger partial charge in [-0.1, -0.05) is 65.7 Å². The van der Waals surface area contributed by atoms with Crippen LogP contribution in [0, 0.1) is 0 Å². The minimum absolute atomic E-state index is 0.290. The monoisotopic (exact) mass is 356 g/mol. The van der Waals surface area contributed by atoms with E-state index in [0.29, 0.717) is 16.3 Å². The molecule has 3 nitrogen and oxygen atoms in total. The van der Waals surface area contributed by atoms with Crippen molar-refractivity contribution in [2.45, 2.75) is 6.92 Å². The third-order valence-corrected chi connectivity index (χ3v) is 4.23. The molecule has 0 bridgehead atoms. The zero-order chi connectivity index (χ0) is 17.1. The molecule has 0 saturated carbocycles. The van der Waals surface area contributed by atoms with Crippen LogP contribution in [0.25, 0.3) is 10.8 Å². The van der Waals surface area contributed by atoms with Gasteiger partial charge in [0.1, 0.15) is 0 Å². The second kappa shape index (κ2) is 7.04. The van der Waals surface area contributed by atoms with E-state index >= 15 is 0 Å². The van der Waals surface area contributed by atoms with Crippen molar-refractivity contribution in [3.05, 3.63) is 81.8 Å². The van der Waals surface area contributed by atoms with Gasteiger partial charge in [0.2, 0.25) is 0 Å². The van der Waals surface area contributed by atoms with Gasteiger partial charge in [-0.05, 0) is 35.9 Å². The van der Waals surface area contributed by atoms with Crippen molar-refractivity contribution in [2.75, 3.05) is 0 Å². The Labute approximate surface area is 149 Å². The maximum atomic E-state index is 12.2. The zero-order valence-electron chi connectivity index (χ0n) is 12.9. The molecule has 0 radical (unpaired) electrons. The quantitative estimate of drug-likeness (QED) is 0.502. The smallest absolute Gasteiger partial charge is 0.267 e. The van der Waals surface area contributed by atoms with E-state index in [1.807, 2.05) is 49.4 Å². The number of fused-ring (bicyclic) bond motifs is 1. The molecule has 0 spiro atoms. The molecule has 1 amide bonds. The van der Waals surface area contributed by atoms with Crippen molar-refractivity contribution in [3.63, 3.8) is 0 Å². The summed E-state index contributed by atoms with van der Waals surface area (Å²) in [5, 5.41) is 7.18. The maximum absolute atomic E-state index is 12.2. The number of benzene rings is 3. The predicted molar refractivity (Wildman–Crippen MR) is 100 cm³/mol. The highest BCUT2D eigenvalue weighted by atomic mass is 35.5. The number of nitrogens with one attached hydrogen (secondary N) is 1. The molecule has 3 aromatic rings. The first kappa shape index (κ1) is 16.5. The van der Waals surface area contributed by atoms with Crippen LogP contribution in [-0.2, 0) is 0 Å². The summed E-state index contributed by atoms with van der Waals surface area (Å²) in [6.07, 6.45) is 0. The minimum atomic E-state index is -0.378. The number of amides is 1. The van der Waals surface area contributed by atoms with Crippen molar-refractivity contribution < 1.29 is 4.79 Å². The summed E-state index contributed by atoms with van der Waals surface area (Å²) in [6.45, 7) is 1.85. The average molecular weight is 357 g/mol. The van der Waals surface area contributed by atoms with E-state index < -0.39 is 0 Å². The lowest BCUT2D eigenvalue weighted by Crippen LogP contribution is -2.19. The molecule has 0 saturated heterocycles. The van der Waals surface area contributed by atoms with Crippen LogP contribution in [0.4, 0.5) is 0 Å².